The molecule has 0 spiro atoms. The second kappa shape index (κ2) is 7.30. The Morgan fingerprint density at radius 1 is 1.24 bits per heavy atom. The van der Waals surface area contributed by atoms with Gasteiger partial charge in [-0.2, -0.15) is 0 Å². The van der Waals surface area contributed by atoms with Crippen LogP contribution in [0.3, 0.4) is 0 Å². The summed E-state index contributed by atoms with van der Waals surface area (Å²) in [5.74, 6) is 1.40. The van der Waals surface area contributed by atoms with Gasteiger partial charge in [-0.05, 0) is 36.6 Å². The molecule has 0 amide bonds. The molecule has 2 N–H and O–H groups in total. The molecule has 1 rings (SSSR count). The molecule has 0 saturated carbocycles. The molecule has 0 aliphatic heterocycles. The summed E-state index contributed by atoms with van der Waals surface area (Å²) in [6.45, 7) is 5.47. The first kappa shape index (κ1) is 14.0. The van der Waals surface area contributed by atoms with Crippen molar-refractivity contribution >= 4 is 0 Å². The molecule has 17 heavy (non-hydrogen) atoms. The normalized spacial score (nSPS) is 12.8. The summed E-state index contributed by atoms with van der Waals surface area (Å²) < 4.78 is 5.15. The maximum absolute atomic E-state index is 8.80. The zero-order valence-corrected chi connectivity index (χ0v) is 10.9. The molecule has 0 bridgehead atoms. The van der Waals surface area contributed by atoms with Gasteiger partial charge in [0.2, 0.25) is 0 Å². The SMILES string of the molecule is COc1ccc(C(NCCCO)C(C)C)cc1. The maximum atomic E-state index is 8.80. The van der Waals surface area contributed by atoms with Gasteiger partial charge < -0.3 is 15.2 Å². The largest absolute Gasteiger partial charge is 0.497 e. The molecule has 1 atom stereocenters. The van der Waals surface area contributed by atoms with E-state index >= 15 is 0 Å². The molecule has 0 radical (unpaired) electrons. The second-order valence-corrected chi connectivity index (χ2v) is 4.53. The summed E-state index contributed by atoms with van der Waals surface area (Å²) in [4.78, 5) is 0. The van der Waals surface area contributed by atoms with E-state index in [1.165, 1.54) is 5.56 Å². The quantitative estimate of drug-likeness (QED) is 0.715. The lowest BCUT2D eigenvalue weighted by Gasteiger charge is -2.23. The fourth-order valence-electron chi connectivity index (χ4n) is 1.89. The Kier molecular flexibility index (Phi) is 6.01. The van der Waals surface area contributed by atoms with Crippen LogP contribution >= 0.6 is 0 Å². The molecule has 0 saturated heterocycles. The molecule has 0 heterocycles. The molecule has 1 aromatic carbocycles. The van der Waals surface area contributed by atoms with Gasteiger partial charge in [0.1, 0.15) is 5.75 Å². The van der Waals surface area contributed by atoms with E-state index in [0.717, 1.165) is 18.7 Å². The first-order chi connectivity index (χ1) is 8.19. The zero-order valence-electron chi connectivity index (χ0n) is 10.9. The van der Waals surface area contributed by atoms with Crippen LogP contribution in [0.25, 0.3) is 0 Å². The van der Waals surface area contributed by atoms with Crippen LogP contribution in [0.15, 0.2) is 24.3 Å². The van der Waals surface area contributed by atoms with Gasteiger partial charge in [-0.25, -0.2) is 0 Å². The minimum atomic E-state index is 0.237. The Morgan fingerprint density at radius 3 is 2.35 bits per heavy atom. The number of methoxy groups -OCH3 is 1. The number of hydrogen-bond donors (Lipinski definition) is 2. The standard InChI is InChI=1S/C14H23NO2/c1-11(2)14(15-9-4-10-16)12-5-7-13(17-3)8-6-12/h5-8,11,14-16H,4,9-10H2,1-3H3. The van der Waals surface area contributed by atoms with Crippen LogP contribution in [0.1, 0.15) is 31.9 Å². The van der Waals surface area contributed by atoms with Crippen molar-refractivity contribution in [1.82, 2.24) is 5.32 Å². The molecule has 0 aliphatic carbocycles. The molecule has 1 aromatic rings. The summed E-state index contributed by atoms with van der Waals surface area (Å²) in [6, 6.07) is 8.48. The van der Waals surface area contributed by atoms with Crippen LogP contribution in [-0.4, -0.2) is 25.4 Å². The second-order valence-electron chi connectivity index (χ2n) is 4.53. The van der Waals surface area contributed by atoms with Crippen molar-refractivity contribution in [3.05, 3.63) is 29.8 Å². The van der Waals surface area contributed by atoms with E-state index in [0.29, 0.717) is 12.0 Å². The van der Waals surface area contributed by atoms with Gasteiger partial charge in [-0.3, -0.25) is 0 Å². The Balaban J connectivity index is 2.68. The maximum Gasteiger partial charge on any atom is 0.118 e. The number of aliphatic hydroxyl groups excluding tert-OH is 1. The summed E-state index contributed by atoms with van der Waals surface area (Å²) in [5, 5.41) is 12.3. The highest BCUT2D eigenvalue weighted by atomic mass is 16.5. The van der Waals surface area contributed by atoms with Crippen LogP contribution in [-0.2, 0) is 0 Å². The van der Waals surface area contributed by atoms with Gasteiger partial charge in [0.15, 0.2) is 0 Å². The molecule has 0 fully saturated rings. The van der Waals surface area contributed by atoms with E-state index in [-0.39, 0.29) is 6.61 Å². The predicted molar refractivity (Wildman–Crippen MR) is 70.3 cm³/mol. The summed E-state index contributed by atoms with van der Waals surface area (Å²) in [6.07, 6.45) is 0.791. The van der Waals surface area contributed by atoms with E-state index < -0.39 is 0 Å². The van der Waals surface area contributed by atoms with Gasteiger partial charge in [0, 0.05) is 12.6 Å². The Labute approximate surface area is 104 Å². The number of ether oxygens (including phenoxy) is 1. The number of rotatable bonds is 7. The Bertz CT molecular complexity index is 309. The first-order valence-electron chi connectivity index (χ1n) is 6.17. The summed E-state index contributed by atoms with van der Waals surface area (Å²) in [7, 11) is 1.68. The lowest BCUT2D eigenvalue weighted by Crippen LogP contribution is -2.27. The van der Waals surface area contributed by atoms with Crippen LogP contribution in [0.2, 0.25) is 0 Å². The van der Waals surface area contributed by atoms with E-state index in [2.05, 4.69) is 31.3 Å². The number of benzene rings is 1. The minimum Gasteiger partial charge on any atom is -0.497 e. The smallest absolute Gasteiger partial charge is 0.118 e. The van der Waals surface area contributed by atoms with Crippen molar-refractivity contribution in [3.8, 4) is 5.75 Å². The van der Waals surface area contributed by atoms with Gasteiger partial charge in [0.25, 0.3) is 0 Å². The summed E-state index contributed by atoms with van der Waals surface area (Å²) >= 11 is 0. The fourth-order valence-corrected chi connectivity index (χ4v) is 1.89. The van der Waals surface area contributed by atoms with E-state index in [1.807, 2.05) is 12.1 Å². The fraction of sp³-hybridized carbons (Fsp3) is 0.571. The van der Waals surface area contributed by atoms with Gasteiger partial charge in [-0.15, -0.1) is 0 Å². The highest BCUT2D eigenvalue weighted by molar-refractivity contribution is 5.29. The van der Waals surface area contributed by atoms with E-state index in [4.69, 9.17) is 9.84 Å². The highest BCUT2D eigenvalue weighted by Gasteiger charge is 2.14. The first-order valence-corrected chi connectivity index (χ1v) is 6.17. The van der Waals surface area contributed by atoms with Gasteiger partial charge in [0.05, 0.1) is 7.11 Å². The average molecular weight is 237 g/mol. The Hall–Kier alpha value is -1.06. The third kappa shape index (κ3) is 4.36. The third-order valence-electron chi connectivity index (χ3n) is 2.84. The highest BCUT2D eigenvalue weighted by Crippen LogP contribution is 2.23. The number of aliphatic hydroxyl groups is 1. The van der Waals surface area contributed by atoms with Crippen LogP contribution in [0.5, 0.6) is 5.75 Å². The number of hydrogen-bond acceptors (Lipinski definition) is 3. The molecule has 0 aliphatic rings. The van der Waals surface area contributed by atoms with E-state index in [1.54, 1.807) is 7.11 Å². The predicted octanol–water partition coefficient (Wildman–Crippen LogP) is 2.36. The molecule has 96 valence electrons. The van der Waals surface area contributed by atoms with Crippen molar-refractivity contribution in [2.45, 2.75) is 26.3 Å². The molecular formula is C14H23NO2. The molecule has 3 nitrogen and oxygen atoms in total. The molecule has 3 heteroatoms. The van der Waals surface area contributed by atoms with Crippen LogP contribution < -0.4 is 10.1 Å². The van der Waals surface area contributed by atoms with Gasteiger partial charge >= 0.3 is 0 Å². The zero-order chi connectivity index (χ0) is 12.7. The lowest BCUT2D eigenvalue weighted by atomic mass is 9.96. The van der Waals surface area contributed by atoms with Crippen LogP contribution in [0.4, 0.5) is 0 Å². The van der Waals surface area contributed by atoms with Crippen molar-refractivity contribution in [2.24, 2.45) is 5.92 Å². The van der Waals surface area contributed by atoms with Crippen molar-refractivity contribution in [1.29, 1.82) is 0 Å². The molecule has 1 unspecified atom stereocenters. The number of nitrogens with one attached hydrogen (secondary N) is 1. The van der Waals surface area contributed by atoms with Crippen molar-refractivity contribution in [2.75, 3.05) is 20.3 Å². The monoisotopic (exact) mass is 237 g/mol. The minimum absolute atomic E-state index is 0.237. The van der Waals surface area contributed by atoms with Crippen molar-refractivity contribution in [3.63, 3.8) is 0 Å². The van der Waals surface area contributed by atoms with Gasteiger partial charge in [-0.1, -0.05) is 26.0 Å². The van der Waals surface area contributed by atoms with E-state index in [9.17, 15) is 0 Å². The lowest BCUT2D eigenvalue weighted by molar-refractivity contribution is 0.279. The Morgan fingerprint density at radius 2 is 1.88 bits per heavy atom. The van der Waals surface area contributed by atoms with Crippen molar-refractivity contribution < 1.29 is 9.84 Å². The molecular weight excluding hydrogens is 214 g/mol. The summed E-state index contributed by atoms with van der Waals surface area (Å²) in [5.41, 5.74) is 1.26. The average Bonchev–Trinajstić information content (AvgIpc) is 2.34. The third-order valence-corrected chi connectivity index (χ3v) is 2.84. The van der Waals surface area contributed by atoms with Crippen LogP contribution in [0, 0.1) is 5.92 Å². The molecule has 0 aromatic heterocycles. The topological polar surface area (TPSA) is 41.5 Å².